The molecule has 0 aliphatic heterocycles. The third-order valence-corrected chi connectivity index (χ3v) is 6.60. The number of nitrogens with one attached hydrogen (secondary N) is 1. The van der Waals surface area contributed by atoms with E-state index in [9.17, 15) is 18.0 Å². The van der Waals surface area contributed by atoms with Gasteiger partial charge in [0.05, 0.1) is 22.7 Å². The number of anilines is 1. The fourth-order valence-corrected chi connectivity index (χ4v) is 4.19. The number of hydrogen-bond acceptors (Lipinski definition) is 6. The van der Waals surface area contributed by atoms with Crippen LogP contribution in [-0.4, -0.2) is 55.1 Å². The minimum Gasteiger partial charge on any atom is -0.452 e. The molecule has 0 bridgehead atoms. The van der Waals surface area contributed by atoms with Gasteiger partial charge in [-0.25, -0.2) is 22.2 Å². The van der Waals surface area contributed by atoms with Crippen molar-refractivity contribution in [3.63, 3.8) is 0 Å². The van der Waals surface area contributed by atoms with Crippen molar-refractivity contribution in [3.05, 3.63) is 42.1 Å². The van der Waals surface area contributed by atoms with Gasteiger partial charge in [0.2, 0.25) is 10.0 Å². The van der Waals surface area contributed by atoms with E-state index in [1.165, 1.54) is 38.4 Å². The first-order valence-electron chi connectivity index (χ1n) is 9.32. The molecule has 1 N–H and O–H groups in total. The molecule has 1 aliphatic carbocycles. The number of rotatable bonds is 7. The van der Waals surface area contributed by atoms with Crippen molar-refractivity contribution in [2.45, 2.75) is 36.6 Å². The maximum atomic E-state index is 12.2. The van der Waals surface area contributed by atoms with Crippen LogP contribution in [0, 0.1) is 0 Å². The molecule has 1 aromatic carbocycles. The summed E-state index contributed by atoms with van der Waals surface area (Å²) in [5, 5.41) is 6.98. The number of esters is 1. The number of benzene rings is 1. The van der Waals surface area contributed by atoms with Crippen molar-refractivity contribution < 1.29 is 22.7 Å². The number of carbonyl (C=O) groups is 2. The summed E-state index contributed by atoms with van der Waals surface area (Å²) >= 11 is 0. The number of nitrogens with zero attached hydrogens (tertiary/aromatic N) is 3. The zero-order valence-electron chi connectivity index (χ0n) is 16.4. The zero-order valence-corrected chi connectivity index (χ0v) is 17.2. The van der Waals surface area contributed by atoms with Crippen molar-refractivity contribution in [1.82, 2.24) is 14.1 Å². The lowest BCUT2D eigenvalue weighted by Crippen LogP contribution is -2.24. The van der Waals surface area contributed by atoms with Gasteiger partial charge >= 0.3 is 5.97 Å². The van der Waals surface area contributed by atoms with E-state index in [1.807, 2.05) is 0 Å². The van der Waals surface area contributed by atoms with Crippen LogP contribution in [-0.2, 0) is 19.6 Å². The molecule has 1 fully saturated rings. The molecule has 156 valence electrons. The Kier molecular flexibility index (Phi) is 6.33. The number of sulfonamides is 1. The largest absolute Gasteiger partial charge is 0.452 e. The minimum atomic E-state index is -3.67. The highest BCUT2D eigenvalue weighted by Crippen LogP contribution is 2.31. The summed E-state index contributed by atoms with van der Waals surface area (Å²) in [6.07, 6.45) is 5.93. The van der Waals surface area contributed by atoms with Crippen molar-refractivity contribution >= 4 is 27.7 Å². The highest BCUT2D eigenvalue weighted by atomic mass is 32.2. The van der Waals surface area contributed by atoms with Gasteiger partial charge in [0.1, 0.15) is 5.82 Å². The van der Waals surface area contributed by atoms with Gasteiger partial charge in [-0.1, -0.05) is 18.9 Å². The van der Waals surface area contributed by atoms with Crippen LogP contribution in [0.3, 0.4) is 0 Å². The van der Waals surface area contributed by atoms with Crippen LogP contribution < -0.4 is 5.32 Å². The van der Waals surface area contributed by atoms with Gasteiger partial charge in [-0.2, -0.15) is 5.10 Å². The molecule has 2 aromatic rings. The molecule has 1 aliphatic rings. The monoisotopic (exact) mass is 420 g/mol. The predicted octanol–water partition coefficient (Wildman–Crippen LogP) is 2.04. The highest BCUT2D eigenvalue weighted by Gasteiger charge is 2.22. The Morgan fingerprint density at radius 3 is 2.66 bits per heavy atom. The van der Waals surface area contributed by atoms with Gasteiger partial charge in [0, 0.05) is 20.2 Å². The van der Waals surface area contributed by atoms with E-state index in [4.69, 9.17) is 4.74 Å². The highest BCUT2D eigenvalue weighted by molar-refractivity contribution is 7.89. The number of aromatic nitrogens is 2. The summed E-state index contributed by atoms with van der Waals surface area (Å²) < 4.78 is 32.3. The van der Waals surface area contributed by atoms with Crippen LogP contribution in [0.1, 0.15) is 42.1 Å². The summed E-state index contributed by atoms with van der Waals surface area (Å²) in [6.45, 7) is -0.487. The molecule has 0 atom stereocenters. The predicted molar refractivity (Wildman–Crippen MR) is 106 cm³/mol. The van der Waals surface area contributed by atoms with Crippen LogP contribution in [0.4, 0.5) is 5.82 Å². The topological polar surface area (TPSA) is 111 Å². The third-order valence-electron chi connectivity index (χ3n) is 4.79. The Hall–Kier alpha value is -2.72. The first-order chi connectivity index (χ1) is 13.8. The van der Waals surface area contributed by atoms with Gasteiger partial charge in [-0.05, 0) is 31.0 Å². The molecule has 0 unspecified atom stereocenters. The Morgan fingerprint density at radius 2 is 1.97 bits per heavy atom. The van der Waals surface area contributed by atoms with E-state index < -0.39 is 28.5 Å². The maximum absolute atomic E-state index is 12.2. The number of amides is 1. The molecule has 0 radical (unpaired) electrons. The average molecular weight is 420 g/mol. The second-order valence-electron chi connectivity index (χ2n) is 7.04. The van der Waals surface area contributed by atoms with E-state index in [2.05, 4.69) is 10.4 Å². The normalized spacial score (nSPS) is 14.9. The SMILES string of the molecule is CN(C)S(=O)(=O)c1cccc(C(=O)OCC(=O)Nc2ccnn2C2CCCC2)c1. The van der Waals surface area contributed by atoms with Crippen LogP contribution in [0.5, 0.6) is 0 Å². The van der Waals surface area contributed by atoms with Gasteiger partial charge in [0.15, 0.2) is 6.61 Å². The number of hydrogen-bond donors (Lipinski definition) is 1. The summed E-state index contributed by atoms with van der Waals surface area (Å²) in [7, 11) is -0.867. The summed E-state index contributed by atoms with van der Waals surface area (Å²) in [6, 6.07) is 7.47. The first-order valence-corrected chi connectivity index (χ1v) is 10.8. The minimum absolute atomic E-state index is 0.0260. The van der Waals surface area contributed by atoms with Gasteiger partial charge < -0.3 is 10.1 Å². The second kappa shape index (κ2) is 8.75. The molecule has 1 aromatic heterocycles. The third kappa shape index (κ3) is 4.83. The molecule has 29 heavy (non-hydrogen) atoms. The smallest absolute Gasteiger partial charge is 0.338 e. The summed E-state index contributed by atoms with van der Waals surface area (Å²) in [5.74, 6) is -0.701. The van der Waals surface area contributed by atoms with Crippen LogP contribution in [0.25, 0.3) is 0 Å². The Labute approximate surface area is 169 Å². The van der Waals surface area contributed by atoms with Crippen LogP contribution >= 0.6 is 0 Å². The zero-order chi connectivity index (χ0) is 21.0. The van der Waals surface area contributed by atoms with Crippen LogP contribution in [0.15, 0.2) is 41.4 Å². The quantitative estimate of drug-likeness (QED) is 0.687. The number of ether oxygens (including phenoxy) is 1. The van der Waals surface area contributed by atoms with E-state index in [0.29, 0.717) is 5.82 Å². The van der Waals surface area contributed by atoms with E-state index in [-0.39, 0.29) is 16.5 Å². The molecule has 3 rings (SSSR count). The molecule has 9 nitrogen and oxygen atoms in total. The Morgan fingerprint density at radius 1 is 1.24 bits per heavy atom. The van der Waals surface area contributed by atoms with E-state index in [0.717, 1.165) is 30.0 Å². The lowest BCUT2D eigenvalue weighted by molar-refractivity contribution is -0.119. The summed E-state index contributed by atoms with van der Waals surface area (Å²) in [4.78, 5) is 24.4. The molecular formula is C19H24N4O5S. The van der Waals surface area contributed by atoms with Gasteiger partial charge in [-0.3, -0.25) is 4.79 Å². The van der Waals surface area contributed by atoms with Crippen molar-refractivity contribution in [3.8, 4) is 0 Å². The molecule has 1 heterocycles. The van der Waals surface area contributed by atoms with Crippen molar-refractivity contribution in [2.24, 2.45) is 0 Å². The maximum Gasteiger partial charge on any atom is 0.338 e. The van der Waals surface area contributed by atoms with Crippen LogP contribution in [0.2, 0.25) is 0 Å². The summed E-state index contributed by atoms with van der Waals surface area (Å²) in [5.41, 5.74) is 0.0525. The standard InChI is InChI=1S/C19H24N4O5S/c1-22(2)29(26,27)16-9-5-6-14(12-16)19(25)28-13-18(24)21-17-10-11-20-23(17)15-7-3-4-8-15/h5-6,9-12,15H,3-4,7-8,13H2,1-2H3,(H,21,24). The molecule has 1 amide bonds. The van der Waals surface area contributed by atoms with E-state index in [1.54, 1.807) is 16.9 Å². The lowest BCUT2D eigenvalue weighted by atomic mass is 10.2. The second-order valence-corrected chi connectivity index (χ2v) is 9.19. The van der Waals surface area contributed by atoms with E-state index >= 15 is 0 Å². The fraction of sp³-hybridized carbons (Fsp3) is 0.421. The molecule has 0 spiro atoms. The van der Waals surface area contributed by atoms with Crippen molar-refractivity contribution in [2.75, 3.05) is 26.0 Å². The Bertz CT molecular complexity index is 994. The Balaban J connectivity index is 1.60. The molecule has 10 heteroatoms. The first kappa shape index (κ1) is 21.0. The van der Waals surface area contributed by atoms with Crippen molar-refractivity contribution in [1.29, 1.82) is 0 Å². The van der Waals surface area contributed by atoms with Gasteiger partial charge in [0.25, 0.3) is 5.91 Å². The number of carbonyl (C=O) groups excluding carboxylic acids is 2. The molecule has 0 saturated heterocycles. The fourth-order valence-electron chi connectivity index (χ4n) is 3.24. The average Bonchev–Trinajstić information content (AvgIpc) is 3.37. The lowest BCUT2D eigenvalue weighted by Gasteiger charge is -2.14. The van der Waals surface area contributed by atoms with Gasteiger partial charge in [-0.15, -0.1) is 0 Å². The molecule has 1 saturated carbocycles. The molecular weight excluding hydrogens is 396 g/mol.